The van der Waals surface area contributed by atoms with Gasteiger partial charge in [0.1, 0.15) is 23.8 Å². The van der Waals surface area contributed by atoms with E-state index in [9.17, 15) is 14.0 Å². The number of hydrogen-bond donors (Lipinski definition) is 0. The van der Waals surface area contributed by atoms with E-state index in [1.54, 1.807) is 6.07 Å². The highest BCUT2D eigenvalue weighted by atomic mass is 19.1. The van der Waals surface area contributed by atoms with Crippen LogP contribution in [-0.4, -0.2) is 25.5 Å². The molecule has 0 heterocycles. The van der Waals surface area contributed by atoms with Crippen LogP contribution in [0.2, 0.25) is 0 Å². The average Bonchev–Trinajstić information content (AvgIpc) is 2.29. The first kappa shape index (κ1) is 13.2. The minimum Gasteiger partial charge on any atom is -0.493 e. The van der Waals surface area contributed by atoms with Gasteiger partial charge in [-0.05, 0) is 12.1 Å². The number of methoxy groups -OCH3 is 1. The predicted octanol–water partition coefficient (Wildman–Crippen LogP) is 1.73. The summed E-state index contributed by atoms with van der Waals surface area (Å²) in [5.41, 5.74) is 0. The van der Waals surface area contributed by atoms with Crippen LogP contribution in [0, 0.1) is 5.82 Å². The van der Waals surface area contributed by atoms with Gasteiger partial charge in [0, 0.05) is 12.5 Å². The molecule has 0 saturated carbocycles. The van der Waals surface area contributed by atoms with E-state index >= 15 is 0 Å². The van der Waals surface area contributed by atoms with Gasteiger partial charge < -0.3 is 9.47 Å². The van der Waals surface area contributed by atoms with Crippen LogP contribution in [0.15, 0.2) is 24.3 Å². The van der Waals surface area contributed by atoms with Crippen LogP contribution in [-0.2, 0) is 14.3 Å². The Labute approximate surface area is 98.3 Å². The van der Waals surface area contributed by atoms with E-state index in [-0.39, 0.29) is 25.2 Å². The van der Waals surface area contributed by atoms with Gasteiger partial charge in [-0.25, -0.2) is 4.39 Å². The molecule has 0 amide bonds. The first-order valence-electron chi connectivity index (χ1n) is 5.08. The lowest BCUT2D eigenvalue weighted by molar-refractivity contribution is -0.143. The molecule has 0 saturated heterocycles. The smallest absolute Gasteiger partial charge is 0.313 e. The normalized spacial score (nSPS) is 9.76. The van der Waals surface area contributed by atoms with Gasteiger partial charge in [-0.15, -0.1) is 0 Å². The zero-order valence-corrected chi connectivity index (χ0v) is 9.44. The van der Waals surface area contributed by atoms with Crippen molar-refractivity contribution in [2.45, 2.75) is 12.8 Å². The molecule has 0 aliphatic rings. The summed E-state index contributed by atoms with van der Waals surface area (Å²) in [7, 11) is 1.22. The molecule has 0 spiro atoms. The molecule has 0 unspecified atom stereocenters. The van der Waals surface area contributed by atoms with Crippen molar-refractivity contribution in [1.29, 1.82) is 0 Å². The van der Waals surface area contributed by atoms with Crippen molar-refractivity contribution in [3.8, 4) is 5.75 Å². The third-order valence-electron chi connectivity index (χ3n) is 2.01. The predicted molar refractivity (Wildman–Crippen MR) is 58.2 cm³/mol. The van der Waals surface area contributed by atoms with Gasteiger partial charge in [-0.2, -0.15) is 0 Å². The summed E-state index contributed by atoms with van der Waals surface area (Å²) in [5, 5.41) is 0. The second kappa shape index (κ2) is 6.62. The topological polar surface area (TPSA) is 52.6 Å². The van der Waals surface area contributed by atoms with Gasteiger partial charge in [-0.3, -0.25) is 9.59 Å². The van der Waals surface area contributed by atoms with Gasteiger partial charge in [0.25, 0.3) is 0 Å². The number of halogens is 1. The summed E-state index contributed by atoms with van der Waals surface area (Å²) < 4.78 is 22.3. The summed E-state index contributed by atoms with van der Waals surface area (Å²) in [5.74, 6) is -0.881. The van der Waals surface area contributed by atoms with E-state index in [0.717, 1.165) is 0 Å². The van der Waals surface area contributed by atoms with Crippen molar-refractivity contribution in [3.63, 3.8) is 0 Å². The fraction of sp³-hybridized carbons (Fsp3) is 0.333. The summed E-state index contributed by atoms with van der Waals surface area (Å²) in [6.45, 7) is 0.110. The van der Waals surface area contributed by atoms with Crippen LogP contribution >= 0.6 is 0 Å². The van der Waals surface area contributed by atoms with Crippen molar-refractivity contribution in [3.05, 3.63) is 30.1 Å². The van der Waals surface area contributed by atoms with Crippen LogP contribution in [0.4, 0.5) is 4.39 Å². The van der Waals surface area contributed by atoms with E-state index < -0.39 is 11.8 Å². The molecule has 0 aliphatic carbocycles. The van der Waals surface area contributed by atoms with E-state index in [0.29, 0.717) is 5.75 Å². The monoisotopic (exact) mass is 240 g/mol. The Morgan fingerprint density at radius 2 is 2.12 bits per heavy atom. The van der Waals surface area contributed by atoms with Gasteiger partial charge in [0.15, 0.2) is 0 Å². The highest BCUT2D eigenvalue weighted by Crippen LogP contribution is 2.12. The third kappa shape index (κ3) is 5.10. The molecule has 1 aromatic carbocycles. The van der Waals surface area contributed by atoms with Crippen LogP contribution in [0.25, 0.3) is 0 Å². The van der Waals surface area contributed by atoms with Crippen molar-refractivity contribution in [2.24, 2.45) is 0 Å². The van der Waals surface area contributed by atoms with Crippen molar-refractivity contribution < 1.29 is 23.5 Å². The Kier molecular flexibility index (Phi) is 5.13. The number of ketones is 1. The number of rotatable bonds is 6. The summed E-state index contributed by atoms with van der Waals surface area (Å²) >= 11 is 0. The van der Waals surface area contributed by atoms with Crippen molar-refractivity contribution in [2.75, 3.05) is 13.7 Å². The highest BCUT2D eigenvalue weighted by Gasteiger charge is 2.09. The molecule has 1 rings (SSSR count). The first-order valence-corrected chi connectivity index (χ1v) is 5.08. The molecule has 92 valence electrons. The average molecular weight is 240 g/mol. The van der Waals surface area contributed by atoms with Crippen LogP contribution < -0.4 is 4.74 Å². The fourth-order valence-electron chi connectivity index (χ4n) is 1.16. The van der Waals surface area contributed by atoms with Crippen molar-refractivity contribution >= 4 is 11.8 Å². The fourth-order valence-corrected chi connectivity index (χ4v) is 1.16. The van der Waals surface area contributed by atoms with E-state index in [1.807, 2.05) is 0 Å². The zero-order chi connectivity index (χ0) is 12.7. The van der Waals surface area contributed by atoms with Gasteiger partial charge in [-0.1, -0.05) is 6.07 Å². The largest absolute Gasteiger partial charge is 0.493 e. The van der Waals surface area contributed by atoms with Crippen LogP contribution in [0.3, 0.4) is 0 Å². The minimum absolute atomic E-state index is 0.0889. The maximum atomic E-state index is 12.8. The summed E-state index contributed by atoms with van der Waals surface area (Å²) in [4.78, 5) is 22.0. The molecule has 0 bridgehead atoms. The molecule has 17 heavy (non-hydrogen) atoms. The Bertz CT molecular complexity index is 403. The first-order chi connectivity index (χ1) is 8.11. The molecule has 4 nitrogen and oxygen atoms in total. The van der Waals surface area contributed by atoms with Gasteiger partial charge in [0.2, 0.25) is 0 Å². The molecule has 0 fully saturated rings. The molecular formula is C12H13FO4. The van der Waals surface area contributed by atoms with E-state index in [4.69, 9.17) is 4.74 Å². The summed E-state index contributed by atoms with van der Waals surface area (Å²) in [6.07, 6.45) is -0.172. The van der Waals surface area contributed by atoms with Crippen molar-refractivity contribution in [1.82, 2.24) is 0 Å². The maximum absolute atomic E-state index is 12.8. The molecular weight excluding hydrogens is 227 g/mol. The number of Topliss-reactive ketones (excluding diaryl/α,β-unsaturated/α-hetero) is 1. The Hall–Kier alpha value is -1.91. The van der Waals surface area contributed by atoms with Crippen LogP contribution in [0.1, 0.15) is 12.8 Å². The molecule has 5 heteroatoms. The lowest BCUT2D eigenvalue weighted by Gasteiger charge is -2.05. The molecule has 0 atom stereocenters. The maximum Gasteiger partial charge on any atom is 0.313 e. The number of esters is 1. The summed E-state index contributed by atoms with van der Waals surface area (Å²) in [6, 6.07) is 5.63. The van der Waals surface area contributed by atoms with E-state index in [1.165, 1.54) is 25.3 Å². The Morgan fingerprint density at radius 1 is 1.35 bits per heavy atom. The van der Waals surface area contributed by atoms with E-state index in [2.05, 4.69) is 4.74 Å². The Morgan fingerprint density at radius 3 is 2.76 bits per heavy atom. The number of benzene rings is 1. The minimum atomic E-state index is -0.569. The zero-order valence-electron chi connectivity index (χ0n) is 9.44. The number of carbonyl (C=O) groups excluding carboxylic acids is 2. The molecule has 0 radical (unpaired) electrons. The SMILES string of the molecule is COC(=O)CC(=O)CCOc1cccc(F)c1. The lowest BCUT2D eigenvalue weighted by Crippen LogP contribution is -2.12. The number of hydrogen-bond acceptors (Lipinski definition) is 4. The number of carbonyl (C=O) groups is 2. The third-order valence-corrected chi connectivity index (χ3v) is 2.01. The number of ether oxygens (including phenoxy) is 2. The van der Waals surface area contributed by atoms with Gasteiger partial charge >= 0.3 is 5.97 Å². The second-order valence-corrected chi connectivity index (χ2v) is 3.35. The lowest BCUT2D eigenvalue weighted by atomic mass is 10.2. The molecule has 1 aromatic rings. The van der Waals surface area contributed by atoms with Crippen LogP contribution in [0.5, 0.6) is 5.75 Å². The Balaban J connectivity index is 2.28. The molecule has 0 N–H and O–H groups in total. The van der Waals surface area contributed by atoms with Gasteiger partial charge in [0.05, 0.1) is 13.7 Å². The quantitative estimate of drug-likeness (QED) is 0.561. The standard InChI is InChI=1S/C12H13FO4/c1-16-12(15)8-10(14)5-6-17-11-4-2-3-9(13)7-11/h2-4,7H,5-6,8H2,1H3. The molecule has 0 aromatic heterocycles. The molecule has 0 aliphatic heterocycles. The highest BCUT2D eigenvalue weighted by molar-refractivity contribution is 5.95. The second-order valence-electron chi connectivity index (χ2n) is 3.35.